The van der Waals surface area contributed by atoms with Gasteiger partial charge in [-0.1, -0.05) is 17.7 Å². The maximum absolute atomic E-state index is 12.1. The van der Waals surface area contributed by atoms with Crippen molar-refractivity contribution in [1.82, 2.24) is 0 Å². The second kappa shape index (κ2) is 9.05. The minimum atomic E-state index is -1.04. The second-order valence-corrected chi connectivity index (χ2v) is 6.19. The molecule has 0 spiro atoms. The van der Waals surface area contributed by atoms with Crippen LogP contribution in [0.2, 0.25) is 5.02 Å². The lowest BCUT2D eigenvalue weighted by atomic mass is 10.2. The maximum atomic E-state index is 12.1. The van der Waals surface area contributed by atoms with Crippen molar-refractivity contribution in [2.24, 2.45) is 5.73 Å². The zero-order chi connectivity index (χ0) is 20.0. The van der Waals surface area contributed by atoms with Gasteiger partial charge in [0.05, 0.1) is 5.02 Å². The van der Waals surface area contributed by atoms with E-state index >= 15 is 0 Å². The predicted molar refractivity (Wildman–Crippen MR) is 101 cm³/mol. The number of carbonyl (C=O) groups excluding carboxylic acids is 3. The molecular weight excluding hydrogens is 372 g/mol. The molecule has 3 N–H and O–H groups in total. The highest BCUT2D eigenvalue weighted by Gasteiger charge is 2.18. The minimum Gasteiger partial charge on any atom is -0.480 e. The first-order chi connectivity index (χ1) is 12.8. The number of amides is 2. The summed E-state index contributed by atoms with van der Waals surface area (Å²) in [7, 11) is 0. The van der Waals surface area contributed by atoms with Crippen LogP contribution in [0.4, 0.5) is 5.69 Å². The first kappa shape index (κ1) is 20.3. The number of rotatable bonds is 7. The van der Waals surface area contributed by atoms with E-state index in [-0.39, 0.29) is 6.61 Å². The van der Waals surface area contributed by atoms with Gasteiger partial charge in [0.2, 0.25) is 5.91 Å². The second-order valence-electron chi connectivity index (χ2n) is 5.79. The Kier molecular flexibility index (Phi) is 6.79. The topological polar surface area (TPSA) is 108 Å². The van der Waals surface area contributed by atoms with Crippen LogP contribution in [0.5, 0.6) is 5.75 Å². The number of primary amides is 1. The smallest absolute Gasteiger partial charge is 0.344 e. The van der Waals surface area contributed by atoms with Crippen molar-refractivity contribution in [3.8, 4) is 5.75 Å². The number of hydrogen-bond acceptors (Lipinski definition) is 5. The third-order valence-corrected chi connectivity index (χ3v) is 3.86. The van der Waals surface area contributed by atoms with Gasteiger partial charge in [-0.05, 0) is 55.8 Å². The quantitative estimate of drug-likeness (QED) is 0.706. The average molecular weight is 391 g/mol. The maximum Gasteiger partial charge on any atom is 0.344 e. The van der Waals surface area contributed by atoms with Crippen LogP contribution in [0.15, 0.2) is 42.5 Å². The van der Waals surface area contributed by atoms with Crippen molar-refractivity contribution in [2.45, 2.75) is 20.0 Å². The SMILES string of the molecule is Cc1ccc(Cl)c(OCC(=O)O[C@H](C)C(=O)Nc2ccc(C(N)=O)cc2)c1. The lowest BCUT2D eigenvalue weighted by Gasteiger charge is -2.14. The molecule has 0 aromatic heterocycles. The molecule has 0 heterocycles. The Hall–Kier alpha value is -3.06. The number of nitrogens with one attached hydrogen (secondary N) is 1. The van der Waals surface area contributed by atoms with Gasteiger partial charge >= 0.3 is 5.97 Å². The average Bonchev–Trinajstić information content (AvgIpc) is 2.62. The van der Waals surface area contributed by atoms with Crippen LogP contribution in [0.3, 0.4) is 0 Å². The largest absolute Gasteiger partial charge is 0.480 e. The number of hydrogen-bond donors (Lipinski definition) is 2. The Bertz CT molecular complexity index is 852. The molecule has 0 radical (unpaired) electrons. The van der Waals surface area contributed by atoms with Gasteiger partial charge in [-0.2, -0.15) is 0 Å². The number of anilines is 1. The molecule has 8 heteroatoms. The van der Waals surface area contributed by atoms with E-state index in [4.69, 9.17) is 26.8 Å². The minimum absolute atomic E-state index is 0.319. The molecule has 0 saturated heterocycles. The fraction of sp³-hybridized carbons (Fsp3) is 0.211. The van der Waals surface area contributed by atoms with Gasteiger partial charge < -0.3 is 20.5 Å². The lowest BCUT2D eigenvalue weighted by Crippen LogP contribution is -2.31. The molecule has 1 atom stereocenters. The van der Waals surface area contributed by atoms with Crippen LogP contribution in [0.1, 0.15) is 22.8 Å². The molecule has 2 amide bonds. The van der Waals surface area contributed by atoms with Gasteiger partial charge in [0.25, 0.3) is 5.91 Å². The summed E-state index contributed by atoms with van der Waals surface area (Å²) >= 11 is 5.99. The number of esters is 1. The fourth-order valence-corrected chi connectivity index (χ4v) is 2.28. The monoisotopic (exact) mass is 390 g/mol. The zero-order valence-electron chi connectivity index (χ0n) is 14.8. The Morgan fingerprint density at radius 2 is 1.81 bits per heavy atom. The lowest BCUT2D eigenvalue weighted by molar-refractivity contribution is -0.155. The number of halogens is 1. The van der Waals surface area contributed by atoms with Gasteiger partial charge in [-0.25, -0.2) is 4.79 Å². The van der Waals surface area contributed by atoms with E-state index in [2.05, 4.69) is 5.32 Å². The molecule has 2 aromatic carbocycles. The van der Waals surface area contributed by atoms with E-state index < -0.39 is 23.9 Å². The normalized spacial score (nSPS) is 11.4. The van der Waals surface area contributed by atoms with Crippen LogP contribution in [0, 0.1) is 6.92 Å². The highest BCUT2D eigenvalue weighted by atomic mass is 35.5. The summed E-state index contributed by atoms with van der Waals surface area (Å²) in [6, 6.07) is 11.2. The van der Waals surface area contributed by atoms with Crippen LogP contribution in [-0.4, -0.2) is 30.5 Å². The number of aryl methyl sites for hydroxylation is 1. The molecule has 0 saturated carbocycles. The summed E-state index contributed by atoms with van der Waals surface area (Å²) in [5.41, 5.74) is 6.84. The van der Waals surface area contributed by atoms with Crippen molar-refractivity contribution in [3.05, 3.63) is 58.6 Å². The first-order valence-electron chi connectivity index (χ1n) is 8.05. The summed E-state index contributed by atoms with van der Waals surface area (Å²) in [5, 5.41) is 2.95. The van der Waals surface area contributed by atoms with Gasteiger partial charge in [0.15, 0.2) is 12.7 Å². The summed E-state index contributed by atoms with van der Waals surface area (Å²) in [6.07, 6.45) is -1.04. The summed E-state index contributed by atoms with van der Waals surface area (Å²) in [4.78, 5) is 35.0. The number of benzene rings is 2. The summed E-state index contributed by atoms with van der Waals surface area (Å²) < 4.78 is 10.4. The molecule has 0 aliphatic heterocycles. The van der Waals surface area contributed by atoms with Gasteiger partial charge in [-0.3, -0.25) is 9.59 Å². The number of nitrogens with two attached hydrogens (primary N) is 1. The Morgan fingerprint density at radius 3 is 2.44 bits per heavy atom. The Morgan fingerprint density at radius 1 is 1.15 bits per heavy atom. The molecule has 0 fully saturated rings. The molecule has 2 aromatic rings. The third-order valence-electron chi connectivity index (χ3n) is 3.55. The van der Waals surface area contributed by atoms with E-state index in [1.54, 1.807) is 12.1 Å². The summed E-state index contributed by atoms with van der Waals surface area (Å²) in [6.45, 7) is 2.92. The van der Waals surface area contributed by atoms with Gasteiger partial charge in [-0.15, -0.1) is 0 Å². The predicted octanol–water partition coefficient (Wildman–Crippen LogP) is 2.70. The highest BCUT2D eigenvalue weighted by molar-refractivity contribution is 6.32. The molecule has 0 unspecified atom stereocenters. The molecule has 0 bridgehead atoms. The standard InChI is InChI=1S/C19H19ClN2O5/c1-11-3-8-15(20)16(9-11)26-10-17(23)27-12(2)19(25)22-14-6-4-13(5-7-14)18(21)24/h3-9,12H,10H2,1-2H3,(H2,21,24)(H,22,25)/t12-/m1/s1. The van der Waals surface area contributed by atoms with E-state index in [0.717, 1.165) is 5.56 Å². The summed E-state index contributed by atoms with van der Waals surface area (Å²) in [5.74, 6) is -1.44. The van der Waals surface area contributed by atoms with Crippen molar-refractivity contribution < 1.29 is 23.9 Å². The van der Waals surface area contributed by atoms with E-state index in [1.165, 1.54) is 31.2 Å². The molecule has 0 aliphatic rings. The Labute approximate surface area is 161 Å². The molecule has 27 heavy (non-hydrogen) atoms. The molecule has 0 aliphatic carbocycles. The third kappa shape index (κ3) is 6.00. The Balaban J connectivity index is 1.85. The molecule has 2 rings (SSSR count). The van der Waals surface area contributed by atoms with Crippen LogP contribution >= 0.6 is 11.6 Å². The van der Waals surface area contributed by atoms with Gasteiger partial charge in [0, 0.05) is 11.3 Å². The molecule has 7 nitrogen and oxygen atoms in total. The molecular formula is C19H19ClN2O5. The van der Waals surface area contributed by atoms with Crippen LogP contribution in [0.25, 0.3) is 0 Å². The van der Waals surface area contributed by atoms with Crippen molar-refractivity contribution in [1.29, 1.82) is 0 Å². The van der Waals surface area contributed by atoms with Gasteiger partial charge in [0.1, 0.15) is 5.75 Å². The molecule has 142 valence electrons. The van der Waals surface area contributed by atoms with E-state index in [1.807, 2.05) is 13.0 Å². The first-order valence-corrected chi connectivity index (χ1v) is 8.43. The van der Waals surface area contributed by atoms with Crippen molar-refractivity contribution >= 4 is 35.1 Å². The van der Waals surface area contributed by atoms with Crippen molar-refractivity contribution in [3.63, 3.8) is 0 Å². The number of ether oxygens (including phenoxy) is 2. The van der Waals surface area contributed by atoms with Crippen molar-refractivity contribution in [2.75, 3.05) is 11.9 Å². The zero-order valence-corrected chi connectivity index (χ0v) is 15.6. The highest BCUT2D eigenvalue weighted by Crippen LogP contribution is 2.25. The van der Waals surface area contributed by atoms with E-state index in [9.17, 15) is 14.4 Å². The van der Waals surface area contributed by atoms with E-state index in [0.29, 0.717) is 22.0 Å². The fourth-order valence-electron chi connectivity index (χ4n) is 2.10. The van der Waals surface area contributed by atoms with Crippen LogP contribution in [-0.2, 0) is 14.3 Å². The van der Waals surface area contributed by atoms with Crippen LogP contribution < -0.4 is 15.8 Å². The number of carbonyl (C=O) groups is 3.